The zero-order valence-corrected chi connectivity index (χ0v) is 16.9. The number of rotatable bonds is 6. The van der Waals surface area contributed by atoms with Gasteiger partial charge in [0.15, 0.2) is 0 Å². The van der Waals surface area contributed by atoms with Crippen LogP contribution in [0, 0.1) is 26.7 Å². The van der Waals surface area contributed by atoms with E-state index in [4.69, 9.17) is 0 Å². The molecule has 1 aliphatic rings. The van der Waals surface area contributed by atoms with Gasteiger partial charge in [-0.1, -0.05) is 29.8 Å². The fourth-order valence-electron chi connectivity index (χ4n) is 3.91. The van der Waals surface area contributed by atoms with Gasteiger partial charge >= 0.3 is 5.97 Å². The van der Waals surface area contributed by atoms with Gasteiger partial charge in [-0.25, -0.2) is 0 Å². The number of aliphatic carboxylic acids is 1. The summed E-state index contributed by atoms with van der Waals surface area (Å²) in [7, 11) is 0. The molecular weight excluding hydrogens is 354 g/mol. The van der Waals surface area contributed by atoms with Crippen molar-refractivity contribution in [3.63, 3.8) is 0 Å². The van der Waals surface area contributed by atoms with E-state index >= 15 is 0 Å². The van der Waals surface area contributed by atoms with Crippen LogP contribution in [-0.4, -0.2) is 44.8 Å². The minimum atomic E-state index is -0.804. The van der Waals surface area contributed by atoms with Crippen LogP contribution in [0.1, 0.15) is 47.3 Å². The first-order valence-electron chi connectivity index (χ1n) is 9.94. The molecule has 3 rings (SSSR count). The quantitative estimate of drug-likeness (QED) is 0.832. The van der Waals surface area contributed by atoms with Gasteiger partial charge in [-0.3, -0.25) is 14.3 Å². The Morgan fingerprint density at radius 3 is 2.57 bits per heavy atom. The molecule has 6 nitrogen and oxygen atoms in total. The van der Waals surface area contributed by atoms with Gasteiger partial charge in [-0.2, -0.15) is 5.10 Å². The van der Waals surface area contributed by atoms with Crippen molar-refractivity contribution >= 4 is 11.9 Å². The number of carbonyl (C=O) groups is 2. The number of hydrogen-bond donors (Lipinski definition) is 1. The highest BCUT2D eigenvalue weighted by Crippen LogP contribution is 2.20. The van der Waals surface area contributed by atoms with Crippen LogP contribution >= 0.6 is 0 Å². The molecule has 0 unspecified atom stereocenters. The van der Waals surface area contributed by atoms with E-state index in [1.54, 1.807) is 4.90 Å². The van der Waals surface area contributed by atoms with Crippen molar-refractivity contribution in [3.05, 3.63) is 52.3 Å². The molecule has 0 aliphatic carbocycles. The van der Waals surface area contributed by atoms with E-state index in [0.29, 0.717) is 38.9 Å². The highest BCUT2D eigenvalue weighted by Gasteiger charge is 2.28. The average molecular weight is 383 g/mol. The average Bonchev–Trinajstić information content (AvgIpc) is 2.94. The normalized spacial score (nSPS) is 17.0. The van der Waals surface area contributed by atoms with Gasteiger partial charge in [0.1, 0.15) is 0 Å². The molecule has 2 aromatic rings. The number of aryl methyl sites for hydroxylation is 2. The van der Waals surface area contributed by atoms with Crippen molar-refractivity contribution in [2.75, 3.05) is 13.1 Å². The minimum absolute atomic E-state index is 0.0380. The van der Waals surface area contributed by atoms with Gasteiger partial charge < -0.3 is 10.0 Å². The first-order chi connectivity index (χ1) is 13.3. The molecule has 28 heavy (non-hydrogen) atoms. The lowest BCUT2D eigenvalue weighted by Gasteiger charge is -2.30. The summed E-state index contributed by atoms with van der Waals surface area (Å²) in [4.78, 5) is 25.5. The van der Waals surface area contributed by atoms with Crippen LogP contribution in [-0.2, 0) is 22.6 Å². The summed E-state index contributed by atoms with van der Waals surface area (Å²) >= 11 is 0. The van der Waals surface area contributed by atoms with E-state index < -0.39 is 11.9 Å². The van der Waals surface area contributed by atoms with Crippen LogP contribution in [0.25, 0.3) is 0 Å². The smallest absolute Gasteiger partial charge is 0.308 e. The lowest BCUT2D eigenvalue weighted by Crippen LogP contribution is -2.42. The monoisotopic (exact) mass is 383 g/mol. The number of piperidine rings is 1. The number of amides is 1. The summed E-state index contributed by atoms with van der Waals surface area (Å²) < 4.78 is 2.00. The largest absolute Gasteiger partial charge is 0.481 e. The molecule has 1 aromatic carbocycles. The summed E-state index contributed by atoms with van der Waals surface area (Å²) in [5, 5.41) is 13.9. The highest BCUT2D eigenvalue weighted by molar-refractivity contribution is 5.78. The third kappa shape index (κ3) is 4.61. The molecule has 1 atom stereocenters. The van der Waals surface area contributed by atoms with E-state index in [9.17, 15) is 14.7 Å². The predicted octanol–water partition coefficient (Wildman–Crippen LogP) is 3.11. The van der Waals surface area contributed by atoms with Crippen LogP contribution in [0.5, 0.6) is 0 Å². The maximum absolute atomic E-state index is 12.6. The Bertz CT molecular complexity index is 855. The van der Waals surface area contributed by atoms with Crippen LogP contribution < -0.4 is 0 Å². The Morgan fingerprint density at radius 1 is 1.18 bits per heavy atom. The Kier molecular flexibility index (Phi) is 6.17. The van der Waals surface area contributed by atoms with Crippen molar-refractivity contribution in [3.8, 4) is 0 Å². The molecular formula is C22H29N3O3. The first-order valence-corrected chi connectivity index (χ1v) is 9.94. The number of hydrogen-bond acceptors (Lipinski definition) is 3. The van der Waals surface area contributed by atoms with Gasteiger partial charge in [0.05, 0.1) is 18.2 Å². The second-order valence-electron chi connectivity index (χ2n) is 7.81. The topological polar surface area (TPSA) is 75.4 Å². The third-order valence-electron chi connectivity index (χ3n) is 5.70. The van der Waals surface area contributed by atoms with Crippen LogP contribution in [0.4, 0.5) is 0 Å². The third-order valence-corrected chi connectivity index (χ3v) is 5.70. The van der Waals surface area contributed by atoms with Crippen LogP contribution in [0.3, 0.4) is 0 Å². The second kappa shape index (κ2) is 8.59. The Balaban J connectivity index is 1.63. The fraction of sp³-hybridized carbons (Fsp3) is 0.500. The molecule has 1 aromatic heterocycles. The molecule has 150 valence electrons. The fourth-order valence-corrected chi connectivity index (χ4v) is 3.91. The van der Waals surface area contributed by atoms with Crippen molar-refractivity contribution in [1.82, 2.24) is 14.7 Å². The van der Waals surface area contributed by atoms with E-state index in [0.717, 1.165) is 23.4 Å². The van der Waals surface area contributed by atoms with Crippen molar-refractivity contribution in [1.29, 1.82) is 0 Å². The zero-order valence-electron chi connectivity index (χ0n) is 16.9. The second-order valence-corrected chi connectivity index (χ2v) is 7.81. The molecule has 6 heteroatoms. The van der Waals surface area contributed by atoms with Crippen molar-refractivity contribution in [2.45, 2.75) is 53.0 Å². The van der Waals surface area contributed by atoms with Gasteiger partial charge in [-0.05, 0) is 51.2 Å². The number of aromatic nitrogens is 2. The molecule has 0 saturated carbocycles. The Hall–Kier alpha value is -2.63. The Morgan fingerprint density at radius 2 is 1.89 bits per heavy atom. The van der Waals surface area contributed by atoms with Crippen molar-refractivity contribution < 1.29 is 14.7 Å². The number of carboxylic acids is 1. The summed E-state index contributed by atoms with van der Waals surface area (Å²) in [6.07, 6.45) is 2.45. The van der Waals surface area contributed by atoms with Crippen LogP contribution in [0.2, 0.25) is 0 Å². The number of likely N-dealkylation sites (tertiary alicyclic amines) is 1. The molecule has 0 spiro atoms. The lowest BCUT2D eigenvalue weighted by atomic mass is 9.97. The standard InChI is InChI=1S/C22H29N3O3/c1-15-6-8-18(9-7-15)13-25-17(3)20(16(2)23-25)10-11-21(26)24-12-4-5-19(14-24)22(27)28/h6-9,19H,4-5,10-14H2,1-3H3,(H,27,28)/t19-/m1/s1. The molecule has 1 amide bonds. The summed E-state index contributed by atoms with van der Waals surface area (Å²) in [6.45, 7) is 7.82. The van der Waals surface area contributed by atoms with Crippen LogP contribution in [0.15, 0.2) is 24.3 Å². The number of benzene rings is 1. The molecule has 2 heterocycles. The van der Waals surface area contributed by atoms with Gasteiger partial charge in [0.25, 0.3) is 0 Å². The van der Waals surface area contributed by atoms with E-state index in [1.165, 1.54) is 11.1 Å². The van der Waals surface area contributed by atoms with Gasteiger partial charge in [0, 0.05) is 25.2 Å². The lowest BCUT2D eigenvalue weighted by molar-refractivity contribution is -0.145. The summed E-state index contributed by atoms with van der Waals surface area (Å²) in [6, 6.07) is 8.43. The summed E-state index contributed by atoms with van der Waals surface area (Å²) in [5.41, 5.74) is 5.60. The molecule has 1 N–H and O–H groups in total. The maximum atomic E-state index is 12.6. The summed E-state index contributed by atoms with van der Waals surface area (Å²) in [5.74, 6) is -1.20. The van der Waals surface area contributed by atoms with E-state index in [1.807, 2.05) is 11.6 Å². The molecule has 0 bridgehead atoms. The number of nitrogens with zero attached hydrogens (tertiary/aromatic N) is 3. The SMILES string of the molecule is Cc1ccc(Cn2nc(C)c(CCC(=O)N3CCC[C@@H](C(=O)O)C3)c2C)cc1. The minimum Gasteiger partial charge on any atom is -0.481 e. The van der Waals surface area contributed by atoms with E-state index in [-0.39, 0.29) is 5.91 Å². The molecule has 0 radical (unpaired) electrons. The number of carbonyl (C=O) groups excluding carboxylic acids is 1. The maximum Gasteiger partial charge on any atom is 0.308 e. The molecule has 1 fully saturated rings. The van der Waals surface area contributed by atoms with Gasteiger partial charge in [0.2, 0.25) is 5.91 Å². The van der Waals surface area contributed by atoms with Gasteiger partial charge in [-0.15, -0.1) is 0 Å². The first kappa shape index (κ1) is 20.1. The zero-order chi connectivity index (χ0) is 20.3. The van der Waals surface area contributed by atoms with E-state index in [2.05, 4.69) is 43.2 Å². The van der Waals surface area contributed by atoms with Crippen molar-refractivity contribution in [2.24, 2.45) is 5.92 Å². The molecule has 1 aliphatic heterocycles. The molecule has 1 saturated heterocycles. The Labute approximate surface area is 166 Å². The number of carboxylic acid groups (broad SMARTS) is 1. The highest BCUT2D eigenvalue weighted by atomic mass is 16.4. The predicted molar refractivity (Wildman–Crippen MR) is 107 cm³/mol.